The maximum absolute atomic E-state index is 5.27. The minimum absolute atomic E-state index is 0.689. The molecule has 0 unspecified atom stereocenters. The van der Waals surface area contributed by atoms with Gasteiger partial charge in [-0.25, -0.2) is 0 Å². The quantitative estimate of drug-likeness (QED) is 0.797. The SMILES string of the molecule is CCNCc1cc(OC)ccc1CC(C)C. The van der Waals surface area contributed by atoms with Crippen molar-refractivity contribution in [3.05, 3.63) is 29.3 Å². The molecule has 0 spiro atoms. The highest BCUT2D eigenvalue weighted by atomic mass is 16.5. The van der Waals surface area contributed by atoms with Gasteiger partial charge in [-0.1, -0.05) is 26.8 Å². The predicted octanol–water partition coefficient (Wildman–Crippen LogP) is 3.00. The minimum atomic E-state index is 0.689. The molecule has 90 valence electrons. The molecule has 0 aliphatic carbocycles. The molecule has 0 fully saturated rings. The van der Waals surface area contributed by atoms with Crippen LogP contribution in [-0.2, 0) is 13.0 Å². The first-order valence-electron chi connectivity index (χ1n) is 6.03. The van der Waals surface area contributed by atoms with E-state index in [1.807, 2.05) is 6.07 Å². The van der Waals surface area contributed by atoms with E-state index in [0.29, 0.717) is 5.92 Å². The molecule has 0 atom stereocenters. The van der Waals surface area contributed by atoms with Crippen molar-refractivity contribution in [2.45, 2.75) is 33.7 Å². The monoisotopic (exact) mass is 221 g/mol. The average Bonchev–Trinajstić information content (AvgIpc) is 2.27. The molecule has 0 aliphatic rings. The number of hydrogen-bond acceptors (Lipinski definition) is 2. The van der Waals surface area contributed by atoms with Crippen molar-refractivity contribution >= 4 is 0 Å². The fourth-order valence-electron chi connectivity index (χ4n) is 1.79. The van der Waals surface area contributed by atoms with Crippen LogP contribution in [0.25, 0.3) is 0 Å². The molecule has 0 saturated carbocycles. The van der Waals surface area contributed by atoms with Crippen molar-refractivity contribution in [2.75, 3.05) is 13.7 Å². The summed E-state index contributed by atoms with van der Waals surface area (Å²) in [7, 11) is 1.72. The molecular formula is C14H23NO. The van der Waals surface area contributed by atoms with Gasteiger partial charge in [0.05, 0.1) is 7.11 Å². The smallest absolute Gasteiger partial charge is 0.119 e. The summed E-state index contributed by atoms with van der Waals surface area (Å²) in [5.41, 5.74) is 2.78. The van der Waals surface area contributed by atoms with Gasteiger partial charge in [0.15, 0.2) is 0 Å². The fourth-order valence-corrected chi connectivity index (χ4v) is 1.79. The molecule has 16 heavy (non-hydrogen) atoms. The van der Waals surface area contributed by atoms with Crippen LogP contribution in [0.5, 0.6) is 5.75 Å². The number of nitrogens with one attached hydrogen (secondary N) is 1. The molecule has 0 bridgehead atoms. The minimum Gasteiger partial charge on any atom is -0.497 e. The van der Waals surface area contributed by atoms with Gasteiger partial charge in [-0.2, -0.15) is 0 Å². The van der Waals surface area contributed by atoms with Gasteiger partial charge < -0.3 is 10.1 Å². The zero-order valence-corrected chi connectivity index (χ0v) is 10.8. The molecular weight excluding hydrogens is 198 g/mol. The third-order valence-corrected chi connectivity index (χ3v) is 2.61. The number of methoxy groups -OCH3 is 1. The van der Waals surface area contributed by atoms with Crippen molar-refractivity contribution in [1.29, 1.82) is 0 Å². The van der Waals surface area contributed by atoms with Crippen LogP contribution in [0.15, 0.2) is 18.2 Å². The average molecular weight is 221 g/mol. The van der Waals surface area contributed by atoms with E-state index in [1.54, 1.807) is 7.11 Å². The second-order valence-electron chi connectivity index (χ2n) is 4.51. The largest absolute Gasteiger partial charge is 0.497 e. The Kier molecular flexibility index (Phi) is 5.33. The van der Waals surface area contributed by atoms with Gasteiger partial charge in [-0.15, -0.1) is 0 Å². The highest BCUT2D eigenvalue weighted by molar-refractivity contribution is 5.36. The summed E-state index contributed by atoms with van der Waals surface area (Å²) in [5.74, 6) is 1.63. The number of hydrogen-bond donors (Lipinski definition) is 1. The molecule has 1 aromatic rings. The van der Waals surface area contributed by atoms with Crippen LogP contribution in [0, 0.1) is 5.92 Å². The van der Waals surface area contributed by atoms with Gasteiger partial charge in [0, 0.05) is 6.54 Å². The van der Waals surface area contributed by atoms with Crippen LogP contribution >= 0.6 is 0 Å². The van der Waals surface area contributed by atoms with E-state index in [2.05, 4.69) is 38.2 Å². The third-order valence-electron chi connectivity index (χ3n) is 2.61. The van der Waals surface area contributed by atoms with Gasteiger partial charge >= 0.3 is 0 Å². The predicted molar refractivity (Wildman–Crippen MR) is 68.9 cm³/mol. The van der Waals surface area contributed by atoms with Crippen LogP contribution < -0.4 is 10.1 Å². The van der Waals surface area contributed by atoms with Crippen LogP contribution in [0.1, 0.15) is 31.9 Å². The van der Waals surface area contributed by atoms with Crippen molar-refractivity contribution in [1.82, 2.24) is 5.32 Å². The Morgan fingerprint density at radius 1 is 1.25 bits per heavy atom. The van der Waals surface area contributed by atoms with Gasteiger partial charge in [-0.3, -0.25) is 0 Å². The fraction of sp³-hybridized carbons (Fsp3) is 0.571. The van der Waals surface area contributed by atoms with E-state index >= 15 is 0 Å². The molecule has 1 N–H and O–H groups in total. The summed E-state index contributed by atoms with van der Waals surface area (Å²) in [6, 6.07) is 6.37. The van der Waals surface area contributed by atoms with E-state index in [1.165, 1.54) is 11.1 Å². The highest BCUT2D eigenvalue weighted by Gasteiger charge is 2.06. The van der Waals surface area contributed by atoms with Crippen LogP contribution in [0.3, 0.4) is 0 Å². The maximum atomic E-state index is 5.27. The Morgan fingerprint density at radius 2 is 2.00 bits per heavy atom. The van der Waals surface area contributed by atoms with Gasteiger partial charge in [0.2, 0.25) is 0 Å². The Bertz CT molecular complexity index is 321. The molecule has 2 nitrogen and oxygen atoms in total. The van der Waals surface area contributed by atoms with Crippen molar-refractivity contribution in [3.8, 4) is 5.75 Å². The first-order chi connectivity index (χ1) is 7.67. The van der Waals surface area contributed by atoms with E-state index in [4.69, 9.17) is 4.74 Å². The number of ether oxygens (including phenoxy) is 1. The highest BCUT2D eigenvalue weighted by Crippen LogP contribution is 2.20. The molecule has 2 heteroatoms. The Morgan fingerprint density at radius 3 is 2.56 bits per heavy atom. The Hall–Kier alpha value is -1.02. The molecule has 0 radical (unpaired) electrons. The van der Waals surface area contributed by atoms with E-state index in [-0.39, 0.29) is 0 Å². The van der Waals surface area contributed by atoms with Crippen LogP contribution in [0.2, 0.25) is 0 Å². The Labute approximate surface area is 99.0 Å². The first-order valence-corrected chi connectivity index (χ1v) is 6.03. The topological polar surface area (TPSA) is 21.3 Å². The third kappa shape index (κ3) is 3.86. The molecule has 0 aliphatic heterocycles. The lowest BCUT2D eigenvalue weighted by atomic mass is 9.97. The standard InChI is InChI=1S/C14H23NO/c1-5-15-10-13-9-14(16-4)7-6-12(13)8-11(2)3/h6-7,9,11,15H,5,8,10H2,1-4H3. The number of rotatable bonds is 6. The molecule has 0 amide bonds. The summed E-state index contributed by atoms with van der Waals surface area (Å²) in [6.07, 6.45) is 1.13. The van der Waals surface area contributed by atoms with E-state index < -0.39 is 0 Å². The zero-order valence-electron chi connectivity index (χ0n) is 10.8. The molecule has 1 rings (SSSR count). The van der Waals surface area contributed by atoms with Gasteiger partial charge in [0.25, 0.3) is 0 Å². The maximum Gasteiger partial charge on any atom is 0.119 e. The van der Waals surface area contributed by atoms with Crippen molar-refractivity contribution in [2.24, 2.45) is 5.92 Å². The lowest BCUT2D eigenvalue weighted by molar-refractivity contribution is 0.413. The summed E-state index contributed by atoms with van der Waals surface area (Å²) in [6.45, 7) is 8.55. The molecule has 0 aromatic heterocycles. The zero-order chi connectivity index (χ0) is 12.0. The Balaban J connectivity index is 2.87. The number of benzene rings is 1. The van der Waals surface area contributed by atoms with E-state index in [9.17, 15) is 0 Å². The van der Waals surface area contributed by atoms with Gasteiger partial charge in [-0.05, 0) is 42.1 Å². The lowest BCUT2D eigenvalue weighted by Gasteiger charge is -2.13. The summed E-state index contributed by atoms with van der Waals surface area (Å²) >= 11 is 0. The summed E-state index contributed by atoms with van der Waals surface area (Å²) in [5, 5.41) is 3.37. The lowest BCUT2D eigenvalue weighted by Crippen LogP contribution is -2.14. The molecule has 0 saturated heterocycles. The molecule has 0 heterocycles. The molecule has 1 aromatic carbocycles. The van der Waals surface area contributed by atoms with Crippen LogP contribution in [-0.4, -0.2) is 13.7 Å². The second kappa shape index (κ2) is 6.54. The van der Waals surface area contributed by atoms with Gasteiger partial charge in [0.1, 0.15) is 5.75 Å². The normalized spacial score (nSPS) is 10.8. The first kappa shape index (κ1) is 13.0. The van der Waals surface area contributed by atoms with Crippen LogP contribution in [0.4, 0.5) is 0 Å². The second-order valence-corrected chi connectivity index (χ2v) is 4.51. The summed E-state index contributed by atoms with van der Waals surface area (Å²) in [4.78, 5) is 0. The summed E-state index contributed by atoms with van der Waals surface area (Å²) < 4.78 is 5.27. The van der Waals surface area contributed by atoms with Crippen molar-refractivity contribution in [3.63, 3.8) is 0 Å². The van der Waals surface area contributed by atoms with Crippen molar-refractivity contribution < 1.29 is 4.74 Å². The van der Waals surface area contributed by atoms with E-state index in [0.717, 1.165) is 25.3 Å².